The van der Waals surface area contributed by atoms with E-state index >= 15 is 0 Å². The van der Waals surface area contributed by atoms with Crippen LogP contribution in [0.25, 0.3) is 0 Å². The summed E-state index contributed by atoms with van der Waals surface area (Å²) in [4.78, 5) is 12.1. The molecule has 0 aliphatic heterocycles. The van der Waals surface area contributed by atoms with Crippen molar-refractivity contribution >= 4 is 35.3 Å². The maximum atomic E-state index is 12.1. The zero-order chi connectivity index (χ0) is 16.7. The third kappa shape index (κ3) is 4.84. The summed E-state index contributed by atoms with van der Waals surface area (Å²) in [5, 5.41) is 4.39. The molecule has 0 atom stereocenters. The van der Waals surface area contributed by atoms with Gasteiger partial charge in [0.25, 0.3) is 5.91 Å². The van der Waals surface area contributed by atoms with Gasteiger partial charge in [0, 0.05) is 5.56 Å². The summed E-state index contributed by atoms with van der Waals surface area (Å²) in [7, 11) is 0. The van der Waals surface area contributed by atoms with Crippen LogP contribution < -0.4 is 10.2 Å². The maximum absolute atomic E-state index is 12.1. The van der Waals surface area contributed by atoms with Gasteiger partial charge in [-0.1, -0.05) is 66.2 Å². The average molecular weight is 349 g/mol. The van der Waals surface area contributed by atoms with Crippen molar-refractivity contribution in [1.82, 2.24) is 5.43 Å². The third-order valence-electron chi connectivity index (χ3n) is 2.79. The zero-order valence-corrected chi connectivity index (χ0v) is 13.6. The van der Waals surface area contributed by atoms with E-state index < -0.39 is 5.91 Å². The van der Waals surface area contributed by atoms with Crippen LogP contribution in [0.2, 0.25) is 10.0 Å². The molecule has 0 unspecified atom stereocenters. The van der Waals surface area contributed by atoms with Crippen LogP contribution in [0.15, 0.2) is 60.2 Å². The lowest BCUT2D eigenvalue weighted by atomic mass is 10.2. The standard InChI is InChI=1S/C17H14Cl2N2O2/c1-2-8-23-16-14(18)9-13(10-15(16)19)17(22)21-20-11-12-6-4-3-5-7-12/h2-7,9-11H,1,8H2,(H,21,22)/b20-11+. The first kappa shape index (κ1) is 17.1. The highest BCUT2D eigenvalue weighted by atomic mass is 35.5. The van der Waals surface area contributed by atoms with E-state index in [1.54, 1.807) is 12.3 Å². The minimum absolute atomic E-state index is 0.247. The van der Waals surface area contributed by atoms with Crippen molar-refractivity contribution in [2.24, 2.45) is 5.10 Å². The maximum Gasteiger partial charge on any atom is 0.271 e. The molecular formula is C17H14Cl2N2O2. The van der Waals surface area contributed by atoms with Crippen LogP contribution in [0, 0.1) is 0 Å². The normalized spacial score (nSPS) is 10.5. The molecule has 0 radical (unpaired) electrons. The Balaban J connectivity index is 2.07. The molecule has 0 aliphatic carbocycles. The Morgan fingerprint density at radius 1 is 1.22 bits per heavy atom. The van der Waals surface area contributed by atoms with Crippen molar-refractivity contribution in [3.05, 3.63) is 76.3 Å². The SMILES string of the molecule is C=CCOc1c(Cl)cc(C(=O)N/N=C/c2ccccc2)cc1Cl. The molecule has 0 saturated carbocycles. The molecule has 2 aromatic rings. The highest BCUT2D eigenvalue weighted by Gasteiger charge is 2.13. The van der Waals surface area contributed by atoms with Crippen LogP contribution >= 0.6 is 23.2 Å². The predicted molar refractivity (Wildman–Crippen MR) is 93.7 cm³/mol. The van der Waals surface area contributed by atoms with Gasteiger partial charge in [0.05, 0.1) is 16.3 Å². The molecule has 1 N–H and O–H groups in total. The lowest BCUT2D eigenvalue weighted by Crippen LogP contribution is -2.17. The number of ether oxygens (including phenoxy) is 1. The number of nitrogens with one attached hydrogen (secondary N) is 1. The summed E-state index contributed by atoms with van der Waals surface area (Å²) in [5.41, 5.74) is 3.58. The Morgan fingerprint density at radius 3 is 2.48 bits per heavy atom. The van der Waals surface area contributed by atoms with Gasteiger partial charge in [-0.15, -0.1) is 0 Å². The van der Waals surface area contributed by atoms with Crippen molar-refractivity contribution in [1.29, 1.82) is 0 Å². The number of amides is 1. The quantitative estimate of drug-likeness (QED) is 0.480. The van der Waals surface area contributed by atoms with Gasteiger partial charge in [-0.05, 0) is 17.7 Å². The van der Waals surface area contributed by atoms with E-state index in [-0.39, 0.29) is 22.2 Å². The van der Waals surface area contributed by atoms with Crippen LogP contribution in [0.5, 0.6) is 5.75 Å². The van der Waals surface area contributed by atoms with Crippen molar-refractivity contribution in [2.75, 3.05) is 6.61 Å². The second-order valence-corrected chi connectivity index (χ2v) is 5.29. The van der Waals surface area contributed by atoms with Gasteiger partial charge in [0.2, 0.25) is 0 Å². The molecule has 2 rings (SSSR count). The van der Waals surface area contributed by atoms with Crippen LogP contribution in [-0.4, -0.2) is 18.7 Å². The van der Waals surface area contributed by atoms with E-state index in [1.165, 1.54) is 12.1 Å². The van der Waals surface area contributed by atoms with Gasteiger partial charge in [-0.25, -0.2) is 5.43 Å². The van der Waals surface area contributed by atoms with Gasteiger partial charge in [0.1, 0.15) is 6.61 Å². The third-order valence-corrected chi connectivity index (χ3v) is 3.35. The molecular weight excluding hydrogens is 335 g/mol. The van der Waals surface area contributed by atoms with Crippen molar-refractivity contribution in [2.45, 2.75) is 0 Å². The first-order chi connectivity index (χ1) is 11.1. The largest absolute Gasteiger partial charge is 0.486 e. The Labute approximate surface area is 144 Å². The lowest BCUT2D eigenvalue weighted by molar-refractivity contribution is 0.0955. The summed E-state index contributed by atoms with van der Waals surface area (Å²) >= 11 is 12.2. The highest BCUT2D eigenvalue weighted by Crippen LogP contribution is 2.34. The monoisotopic (exact) mass is 348 g/mol. The second kappa shape index (κ2) is 8.36. The van der Waals surface area contributed by atoms with Crippen molar-refractivity contribution < 1.29 is 9.53 Å². The molecule has 0 aromatic heterocycles. The van der Waals surface area contributed by atoms with E-state index in [2.05, 4.69) is 17.1 Å². The second-order valence-electron chi connectivity index (χ2n) is 4.48. The van der Waals surface area contributed by atoms with E-state index in [1.807, 2.05) is 30.3 Å². The molecule has 0 bridgehead atoms. The molecule has 0 fully saturated rings. The van der Waals surface area contributed by atoms with E-state index in [0.717, 1.165) is 5.56 Å². The van der Waals surface area contributed by atoms with Gasteiger partial charge < -0.3 is 4.74 Å². The summed E-state index contributed by atoms with van der Waals surface area (Å²) in [6.07, 6.45) is 3.12. The molecule has 6 heteroatoms. The number of nitrogens with zero attached hydrogens (tertiary/aromatic N) is 1. The fraction of sp³-hybridized carbons (Fsp3) is 0.0588. The van der Waals surface area contributed by atoms with E-state index in [4.69, 9.17) is 27.9 Å². The number of hydrogen-bond donors (Lipinski definition) is 1. The molecule has 2 aromatic carbocycles. The summed E-state index contributed by atoms with van der Waals surface area (Å²) in [5.74, 6) is -0.103. The van der Waals surface area contributed by atoms with Gasteiger partial charge >= 0.3 is 0 Å². The summed E-state index contributed by atoms with van der Waals surface area (Å²) in [6.45, 7) is 3.82. The molecule has 4 nitrogen and oxygen atoms in total. The summed E-state index contributed by atoms with van der Waals surface area (Å²) in [6, 6.07) is 12.3. The number of rotatable bonds is 6. The topological polar surface area (TPSA) is 50.7 Å². The highest BCUT2D eigenvalue weighted by molar-refractivity contribution is 6.37. The average Bonchev–Trinajstić information content (AvgIpc) is 2.55. The van der Waals surface area contributed by atoms with Crippen molar-refractivity contribution in [3.8, 4) is 5.75 Å². The van der Waals surface area contributed by atoms with E-state index in [9.17, 15) is 4.79 Å². The smallest absolute Gasteiger partial charge is 0.271 e. The van der Waals surface area contributed by atoms with Crippen molar-refractivity contribution in [3.63, 3.8) is 0 Å². The number of carbonyl (C=O) groups is 1. The molecule has 1 amide bonds. The van der Waals surface area contributed by atoms with Gasteiger partial charge in [0.15, 0.2) is 5.75 Å². The number of carbonyl (C=O) groups excluding carboxylic acids is 1. The minimum atomic E-state index is -0.420. The molecule has 0 heterocycles. The Kier molecular flexibility index (Phi) is 6.20. The number of hydrogen-bond acceptors (Lipinski definition) is 3. The van der Waals surface area contributed by atoms with Crippen LogP contribution in [0.3, 0.4) is 0 Å². The molecule has 0 aliphatic rings. The lowest BCUT2D eigenvalue weighted by Gasteiger charge is -2.09. The molecule has 118 valence electrons. The minimum Gasteiger partial charge on any atom is -0.486 e. The molecule has 23 heavy (non-hydrogen) atoms. The Morgan fingerprint density at radius 2 is 1.87 bits per heavy atom. The predicted octanol–water partition coefficient (Wildman–Crippen LogP) is 4.32. The first-order valence-corrected chi connectivity index (χ1v) is 7.48. The van der Waals surface area contributed by atoms with Crippen LogP contribution in [0.1, 0.15) is 15.9 Å². The fourth-order valence-corrected chi connectivity index (χ4v) is 2.34. The van der Waals surface area contributed by atoms with Gasteiger partial charge in [-0.3, -0.25) is 4.79 Å². The molecule has 0 spiro atoms. The number of hydrazone groups is 1. The number of halogens is 2. The Bertz CT molecular complexity index is 708. The summed E-state index contributed by atoms with van der Waals surface area (Å²) < 4.78 is 5.35. The zero-order valence-electron chi connectivity index (χ0n) is 12.1. The van der Waals surface area contributed by atoms with Crippen LogP contribution in [-0.2, 0) is 0 Å². The number of benzene rings is 2. The van der Waals surface area contributed by atoms with Crippen LogP contribution in [0.4, 0.5) is 0 Å². The van der Waals surface area contributed by atoms with E-state index in [0.29, 0.717) is 5.75 Å². The van der Waals surface area contributed by atoms with Gasteiger partial charge in [-0.2, -0.15) is 5.10 Å². The first-order valence-electron chi connectivity index (χ1n) is 6.73. The Hall–Kier alpha value is -2.30. The fourth-order valence-electron chi connectivity index (χ4n) is 1.74. The molecule has 0 saturated heterocycles.